The molecule has 0 amide bonds. The molecule has 0 heterocycles. The third-order valence-corrected chi connectivity index (χ3v) is 5.19. The van der Waals surface area contributed by atoms with Gasteiger partial charge in [-0.15, -0.1) is 11.8 Å². The molecule has 0 aromatic heterocycles. The van der Waals surface area contributed by atoms with Crippen LogP contribution in [0.25, 0.3) is 0 Å². The highest BCUT2D eigenvalue weighted by molar-refractivity contribution is 9.10. The molecule has 1 saturated carbocycles. The average molecular weight is 315 g/mol. The van der Waals surface area contributed by atoms with Gasteiger partial charge in [0.25, 0.3) is 0 Å². The van der Waals surface area contributed by atoms with Gasteiger partial charge in [-0.2, -0.15) is 0 Å². The van der Waals surface area contributed by atoms with Crippen LogP contribution in [-0.4, -0.2) is 15.8 Å². The molecule has 2 rings (SSSR count). The predicted molar refractivity (Wildman–Crippen MR) is 73.4 cm³/mol. The summed E-state index contributed by atoms with van der Waals surface area (Å²) in [7, 11) is 0. The van der Waals surface area contributed by atoms with Crippen molar-refractivity contribution in [3.8, 4) is 0 Å². The topological polar surface area (TPSA) is 37.3 Å². The zero-order chi connectivity index (χ0) is 12.5. The lowest BCUT2D eigenvalue weighted by Crippen LogP contribution is -2.47. The van der Waals surface area contributed by atoms with Gasteiger partial charge in [-0.1, -0.05) is 35.3 Å². The fraction of sp³-hybridized carbons (Fsp3) is 0.462. The van der Waals surface area contributed by atoms with E-state index >= 15 is 0 Å². The van der Waals surface area contributed by atoms with Crippen molar-refractivity contribution < 1.29 is 9.90 Å². The Morgan fingerprint density at radius 2 is 2.29 bits per heavy atom. The molecule has 92 valence electrons. The molecule has 0 atom stereocenters. The van der Waals surface area contributed by atoms with E-state index in [9.17, 15) is 9.90 Å². The van der Waals surface area contributed by atoms with Gasteiger partial charge in [0, 0.05) is 9.37 Å². The van der Waals surface area contributed by atoms with Gasteiger partial charge in [0.2, 0.25) is 0 Å². The molecule has 2 nitrogen and oxygen atoms in total. The molecule has 0 spiro atoms. The van der Waals surface area contributed by atoms with Crippen LogP contribution >= 0.6 is 27.7 Å². The van der Waals surface area contributed by atoms with Crippen molar-refractivity contribution in [3.05, 3.63) is 28.7 Å². The standard InChI is InChI=1S/C13H15BrO2S/c1-2-9-7-13(8-9,12(15)16)17-11-5-3-4-10(14)6-11/h3-6,9H,2,7-8H2,1H3,(H,15,16). The molecule has 0 bridgehead atoms. The quantitative estimate of drug-likeness (QED) is 0.905. The van der Waals surface area contributed by atoms with E-state index in [0.29, 0.717) is 5.92 Å². The number of carboxylic acids is 1. The summed E-state index contributed by atoms with van der Waals surface area (Å²) in [6, 6.07) is 7.85. The number of benzene rings is 1. The van der Waals surface area contributed by atoms with Crippen molar-refractivity contribution in [2.45, 2.75) is 35.8 Å². The third kappa shape index (κ3) is 2.68. The highest BCUT2D eigenvalue weighted by atomic mass is 79.9. The van der Waals surface area contributed by atoms with E-state index in [2.05, 4.69) is 22.9 Å². The lowest BCUT2D eigenvalue weighted by atomic mass is 9.73. The number of carboxylic acid groups (broad SMARTS) is 1. The molecule has 1 aliphatic carbocycles. The monoisotopic (exact) mass is 314 g/mol. The number of rotatable bonds is 4. The normalized spacial score (nSPS) is 27.5. The van der Waals surface area contributed by atoms with Crippen LogP contribution < -0.4 is 0 Å². The fourth-order valence-corrected chi connectivity index (χ4v) is 4.28. The van der Waals surface area contributed by atoms with Crippen LogP contribution in [0.15, 0.2) is 33.6 Å². The largest absolute Gasteiger partial charge is 0.480 e. The van der Waals surface area contributed by atoms with E-state index < -0.39 is 10.7 Å². The second-order valence-electron chi connectivity index (χ2n) is 4.54. The van der Waals surface area contributed by atoms with Gasteiger partial charge in [-0.3, -0.25) is 4.79 Å². The van der Waals surface area contributed by atoms with Gasteiger partial charge in [-0.25, -0.2) is 0 Å². The van der Waals surface area contributed by atoms with Crippen molar-refractivity contribution in [1.29, 1.82) is 0 Å². The molecule has 0 radical (unpaired) electrons. The Morgan fingerprint density at radius 1 is 1.59 bits per heavy atom. The first-order chi connectivity index (χ1) is 8.05. The fourth-order valence-electron chi connectivity index (χ4n) is 2.22. The molecule has 0 saturated heterocycles. The smallest absolute Gasteiger partial charge is 0.320 e. The maximum Gasteiger partial charge on any atom is 0.320 e. The highest BCUT2D eigenvalue weighted by Crippen LogP contribution is 2.52. The third-order valence-electron chi connectivity index (χ3n) is 3.31. The zero-order valence-electron chi connectivity index (χ0n) is 9.65. The molecule has 0 unspecified atom stereocenters. The molecule has 1 aromatic rings. The summed E-state index contributed by atoms with van der Waals surface area (Å²) in [5, 5.41) is 9.40. The second kappa shape index (κ2) is 5.02. The van der Waals surface area contributed by atoms with Gasteiger partial charge in [0.1, 0.15) is 4.75 Å². The van der Waals surface area contributed by atoms with Gasteiger partial charge >= 0.3 is 5.97 Å². The molecule has 1 aliphatic rings. The summed E-state index contributed by atoms with van der Waals surface area (Å²) in [6.07, 6.45) is 2.65. The number of hydrogen-bond acceptors (Lipinski definition) is 2. The van der Waals surface area contributed by atoms with Crippen LogP contribution in [0.2, 0.25) is 0 Å². The SMILES string of the molecule is CCC1CC(Sc2cccc(Br)c2)(C(=O)O)C1. The summed E-state index contributed by atoms with van der Waals surface area (Å²) in [5.74, 6) is -0.0991. The van der Waals surface area contributed by atoms with Gasteiger partial charge in [0.05, 0.1) is 0 Å². The summed E-state index contributed by atoms with van der Waals surface area (Å²) in [6.45, 7) is 2.13. The van der Waals surface area contributed by atoms with Gasteiger partial charge < -0.3 is 5.11 Å². The summed E-state index contributed by atoms with van der Waals surface area (Å²) < 4.78 is 0.399. The average Bonchev–Trinajstić information content (AvgIpc) is 2.22. The maximum atomic E-state index is 11.4. The Bertz CT molecular complexity index is 427. The lowest BCUT2D eigenvalue weighted by Gasteiger charge is -2.43. The summed E-state index contributed by atoms with van der Waals surface area (Å²) in [4.78, 5) is 12.4. The molecular weight excluding hydrogens is 300 g/mol. The van der Waals surface area contributed by atoms with Crippen LogP contribution in [0.1, 0.15) is 26.2 Å². The molecule has 17 heavy (non-hydrogen) atoms. The Labute approximate surface area is 114 Å². The van der Waals surface area contributed by atoms with Crippen molar-refractivity contribution in [2.75, 3.05) is 0 Å². The minimum Gasteiger partial charge on any atom is -0.480 e. The molecule has 1 fully saturated rings. The Hall–Kier alpha value is -0.480. The van der Waals surface area contributed by atoms with E-state index in [4.69, 9.17) is 0 Å². The van der Waals surface area contributed by atoms with E-state index in [1.807, 2.05) is 24.3 Å². The van der Waals surface area contributed by atoms with Crippen LogP contribution in [-0.2, 0) is 4.79 Å². The molecule has 1 N–H and O–H groups in total. The Morgan fingerprint density at radius 3 is 2.82 bits per heavy atom. The molecular formula is C13H15BrO2S. The first-order valence-corrected chi connectivity index (χ1v) is 7.34. The number of aliphatic carboxylic acids is 1. The molecule has 0 aliphatic heterocycles. The number of thioether (sulfide) groups is 1. The molecule has 4 heteroatoms. The van der Waals surface area contributed by atoms with Gasteiger partial charge in [0.15, 0.2) is 0 Å². The van der Waals surface area contributed by atoms with Gasteiger partial charge in [-0.05, 0) is 37.0 Å². The second-order valence-corrected chi connectivity index (χ2v) is 6.91. The zero-order valence-corrected chi connectivity index (χ0v) is 12.1. The lowest BCUT2D eigenvalue weighted by molar-refractivity contribution is -0.143. The van der Waals surface area contributed by atoms with Crippen molar-refractivity contribution in [2.24, 2.45) is 5.92 Å². The molecule has 1 aromatic carbocycles. The van der Waals surface area contributed by atoms with Crippen molar-refractivity contribution in [3.63, 3.8) is 0 Å². The van der Waals surface area contributed by atoms with Crippen LogP contribution in [0.5, 0.6) is 0 Å². The Balaban J connectivity index is 2.12. The number of hydrogen-bond donors (Lipinski definition) is 1. The van der Waals surface area contributed by atoms with E-state index in [0.717, 1.165) is 28.6 Å². The number of halogens is 1. The summed E-state index contributed by atoms with van der Waals surface area (Å²) in [5.41, 5.74) is 0. The van der Waals surface area contributed by atoms with Crippen molar-refractivity contribution >= 4 is 33.7 Å². The predicted octanol–water partition coefficient (Wildman–Crippen LogP) is 4.18. The van der Waals surface area contributed by atoms with Crippen LogP contribution in [0.3, 0.4) is 0 Å². The van der Waals surface area contributed by atoms with E-state index in [1.54, 1.807) is 0 Å². The minimum absolute atomic E-state index is 0.575. The first-order valence-electron chi connectivity index (χ1n) is 5.74. The number of carbonyl (C=O) groups is 1. The van der Waals surface area contributed by atoms with E-state index in [-0.39, 0.29) is 0 Å². The first kappa shape index (κ1) is 13.0. The Kier molecular flexibility index (Phi) is 3.83. The maximum absolute atomic E-state index is 11.4. The highest BCUT2D eigenvalue weighted by Gasteiger charge is 2.50. The van der Waals surface area contributed by atoms with Crippen LogP contribution in [0.4, 0.5) is 0 Å². The van der Waals surface area contributed by atoms with E-state index in [1.165, 1.54) is 11.8 Å². The minimum atomic E-state index is -0.674. The summed E-state index contributed by atoms with van der Waals surface area (Å²) >= 11 is 4.90. The van der Waals surface area contributed by atoms with Crippen LogP contribution in [0, 0.1) is 5.92 Å². The van der Waals surface area contributed by atoms with Crippen molar-refractivity contribution in [1.82, 2.24) is 0 Å².